The maximum Gasteiger partial charge on any atom is 0.364 e. The molecule has 0 spiro atoms. The number of unbranched alkanes of at least 4 members (excludes halogenated alkanes) is 53. The Bertz CT molecular complexity index is 2430. The lowest BCUT2D eigenvalue weighted by molar-refractivity contribution is -0.386. The van der Waals surface area contributed by atoms with Crippen LogP contribution >= 0.6 is 0 Å². The highest BCUT2D eigenvalue weighted by Gasteiger charge is 2.60. The Morgan fingerprint density at radius 1 is 0.457 bits per heavy atom. The van der Waals surface area contributed by atoms with Crippen molar-refractivity contribution in [1.82, 2.24) is 10.6 Å². The van der Waals surface area contributed by atoms with Gasteiger partial charge in [-0.15, -0.1) is 0 Å². The lowest BCUT2D eigenvalue weighted by Gasteiger charge is -2.50. The van der Waals surface area contributed by atoms with Crippen LogP contribution in [0, 0.1) is 0 Å². The molecule has 2 amide bonds. The van der Waals surface area contributed by atoms with Crippen molar-refractivity contribution in [2.45, 2.75) is 509 Å². The molecular weight excluding hydrogens is 1480 g/mol. The zero-order chi connectivity index (χ0) is 84.5. The molecule has 0 aromatic heterocycles. The molecule has 23 heteroatoms. The molecule has 680 valence electrons. The van der Waals surface area contributed by atoms with Gasteiger partial charge in [0.2, 0.25) is 11.8 Å². The van der Waals surface area contributed by atoms with E-state index in [9.17, 15) is 75.7 Å². The summed E-state index contributed by atoms with van der Waals surface area (Å²) in [6.07, 6.45) is 56.4. The predicted molar refractivity (Wildman–Crippen MR) is 458 cm³/mol. The third-order valence-electron chi connectivity index (χ3n) is 23.8. The van der Waals surface area contributed by atoms with E-state index in [1.165, 1.54) is 302 Å². The van der Waals surface area contributed by atoms with Crippen molar-refractivity contribution in [1.29, 1.82) is 0 Å². The Hall–Kier alpha value is -3.05. The monoisotopic (exact) mass is 1650 g/mol. The summed E-state index contributed by atoms with van der Waals surface area (Å²) in [5.41, 5.74) is 0. The number of hydrogen-bond donors (Lipinski definition) is 14. The quantitative estimate of drug-likeness (QED) is 0.0199. The van der Waals surface area contributed by atoms with Crippen LogP contribution in [0.5, 0.6) is 0 Å². The summed E-state index contributed by atoms with van der Waals surface area (Å²) in [5, 5.41) is 137. The van der Waals surface area contributed by atoms with Crippen LogP contribution in [0.3, 0.4) is 0 Å². The lowest BCUT2D eigenvalue weighted by Crippen LogP contribution is -2.70. The van der Waals surface area contributed by atoms with Crippen molar-refractivity contribution in [2.75, 3.05) is 26.4 Å². The zero-order valence-electron chi connectivity index (χ0n) is 72.9. The maximum absolute atomic E-state index is 13.6. The fourth-order valence-electron chi connectivity index (χ4n) is 16.4. The number of aliphatic hydroxyl groups excluding tert-OH is 11. The Labute approximate surface area is 701 Å². The van der Waals surface area contributed by atoms with Crippen molar-refractivity contribution >= 4 is 17.8 Å². The molecule has 0 radical (unpaired) electrons. The van der Waals surface area contributed by atoms with Crippen molar-refractivity contribution in [2.24, 2.45) is 0 Å². The molecule has 3 heterocycles. The van der Waals surface area contributed by atoms with Gasteiger partial charge in [0, 0.05) is 19.8 Å². The van der Waals surface area contributed by atoms with Crippen LogP contribution < -0.4 is 10.6 Å². The van der Waals surface area contributed by atoms with Gasteiger partial charge >= 0.3 is 5.97 Å². The summed E-state index contributed by atoms with van der Waals surface area (Å²) < 4.78 is 35.0. The van der Waals surface area contributed by atoms with E-state index in [2.05, 4.69) is 48.8 Å². The number of carboxylic acid groups (broad SMARTS) is 1. The first-order chi connectivity index (χ1) is 56.4. The summed E-state index contributed by atoms with van der Waals surface area (Å²) in [4.78, 5) is 38.8. The molecule has 3 aliphatic heterocycles. The smallest absolute Gasteiger partial charge is 0.364 e. The summed E-state index contributed by atoms with van der Waals surface area (Å²) in [6.45, 7) is 2.21. The number of hydrogen-bond acceptors (Lipinski definition) is 20. The fourth-order valence-corrected chi connectivity index (χ4v) is 16.4. The number of aliphatic carboxylic acids is 1. The molecule has 14 N–H and O–H groups in total. The SMILES string of the molecule is CCCCCCCCCCCCCCCCC/C=C\C/C=C\CCCCCCCCCCCCCCCCCCCC(=O)NC(COC1OC(CO)C(OC2OC(CO)C(O)C(OC3(C(=O)O)CC(O)C(NC(C)=O)C(C(O)C(O)CO)O3)C2O)C(O)C1O)C(O)/C=C/CCCCCCCCCCCCCCCCCCCCCCC. The second-order valence-electron chi connectivity index (χ2n) is 34.2. The van der Waals surface area contributed by atoms with Crippen LogP contribution in [0.2, 0.25) is 0 Å². The van der Waals surface area contributed by atoms with Gasteiger partial charge in [0.05, 0.1) is 50.7 Å². The van der Waals surface area contributed by atoms with Crippen molar-refractivity contribution < 1.29 is 104 Å². The minimum Gasteiger partial charge on any atom is -0.477 e. The molecule has 23 nitrogen and oxygen atoms in total. The average Bonchev–Trinajstić information content (AvgIpc) is 0.751. The first-order valence-electron chi connectivity index (χ1n) is 47.4. The molecule has 3 saturated heterocycles. The molecule has 0 aromatic rings. The minimum absolute atomic E-state index is 0.202. The van der Waals surface area contributed by atoms with Crippen LogP contribution in [0.4, 0.5) is 0 Å². The number of carbonyl (C=O) groups is 3. The van der Waals surface area contributed by atoms with Gasteiger partial charge < -0.3 is 100 Å². The van der Waals surface area contributed by atoms with Crippen molar-refractivity contribution in [3.05, 3.63) is 36.5 Å². The van der Waals surface area contributed by atoms with Crippen molar-refractivity contribution in [3.8, 4) is 0 Å². The number of carboxylic acids is 1. The molecular formula is C93H172N2O21. The maximum atomic E-state index is 13.6. The van der Waals surface area contributed by atoms with E-state index in [4.69, 9.17) is 28.4 Å². The third-order valence-corrected chi connectivity index (χ3v) is 23.8. The van der Waals surface area contributed by atoms with E-state index in [0.717, 1.165) is 58.3 Å². The average molecular weight is 1650 g/mol. The third kappa shape index (κ3) is 48.1. The molecule has 0 aromatic carbocycles. The first-order valence-corrected chi connectivity index (χ1v) is 47.4. The number of ether oxygens (including phenoxy) is 6. The number of amides is 2. The van der Waals surface area contributed by atoms with Gasteiger partial charge in [-0.2, -0.15) is 0 Å². The summed E-state index contributed by atoms with van der Waals surface area (Å²) in [7, 11) is 0. The molecule has 0 aliphatic carbocycles. The highest BCUT2D eigenvalue weighted by molar-refractivity contribution is 5.77. The molecule has 18 atom stereocenters. The van der Waals surface area contributed by atoms with E-state index in [-0.39, 0.29) is 12.3 Å². The second-order valence-corrected chi connectivity index (χ2v) is 34.2. The molecule has 0 saturated carbocycles. The van der Waals surface area contributed by atoms with Gasteiger partial charge in [0.15, 0.2) is 12.6 Å². The molecule has 18 unspecified atom stereocenters. The number of allylic oxidation sites excluding steroid dienone is 5. The van der Waals surface area contributed by atoms with Crippen LogP contribution in [0.1, 0.15) is 400 Å². The van der Waals surface area contributed by atoms with E-state index < -0.39 is 155 Å². The van der Waals surface area contributed by atoms with Gasteiger partial charge in [-0.25, -0.2) is 4.79 Å². The number of aliphatic hydroxyl groups is 11. The molecule has 0 bridgehead atoms. The van der Waals surface area contributed by atoms with E-state index in [1.807, 2.05) is 6.08 Å². The van der Waals surface area contributed by atoms with Gasteiger partial charge in [-0.05, 0) is 51.4 Å². The molecule has 116 heavy (non-hydrogen) atoms. The lowest BCUT2D eigenvalue weighted by atomic mass is 9.88. The number of rotatable bonds is 77. The first kappa shape index (κ1) is 107. The van der Waals surface area contributed by atoms with Gasteiger partial charge in [-0.1, -0.05) is 365 Å². The summed E-state index contributed by atoms with van der Waals surface area (Å²) >= 11 is 0. The molecule has 3 aliphatic rings. The summed E-state index contributed by atoms with van der Waals surface area (Å²) in [6, 6.07) is -2.62. The van der Waals surface area contributed by atoms with Crippen LogP contribution in [0.15, 0.2) is 36.5 Å². The summed E-state index contributed by atoms with van der Waals surface area (Å²) in [5.74, 6) is -6.13. The van der Waals surface area contributed by atoms with Crippen LogP contribution in [0.25, 0.3) is 0 Å². The molecule has 3 fully saturated rings. The normalized spacial score (nSPS) is 25.0. The van der Waals surface area contributed by atoms with Crippen LogP contribution in [-0.2, 0) is 42.8 Å². The Morgan fingerprint density at radius 2 is 0.836 bits per heavy atom. The number of carbonyl (C=O) groups excluding carboxylic acids is 2. The minimum atomic E-state index is -3.09. The second kappa shape index (κ2) is 70.4. The Morgan fingerprint density at radius 3 is 1.22 bits per heavy atom. The fraction of sp³-hybridized carbons (Fsp3) is 0.903. The largest absolute Gasteiger partial charge is 0.477 e. The van der Waals surface area contributed by atoms with Gasteiger partial charge in [0.25, 0.3) is 5.79 Å². The van der Waals surface area contributed by atoms with Gasteiger partial charge in [-0.3, -0.25) is 9.59 Å². The van der Waals surface area contributed by atoms with Crippen LogP contribution in [-0.4, -0.2) is 215 Å². The Kier molecular flexibility index (Phi) is 65.0. The van der Waals surface area contributed by atoms with Crippen molar-refractivity contribution in [3.63, 3.8) is 0 Å². The topological polar surface area (TPSA) is 373 Å². The molecule has 3 rings (SSSR count). The highest BCUT2D eigenvalue weighted by Crippen LogP contribution is 2.39. The van der Waals surface area contributed by atoms with E-state index in [0.29, 0.717) is 12.8 Å². The number of nitrogens with one attached hydrogen (secondary N) is 2. The van der Waals surface area contributed by atoms with Gasteiger partial charge in [0.1, 0.15) is 67.1 Å². The Balaban J connectivity index is 1.41. The predicted octanol–water partition coefficient (Wildman–Crippen LogP) is 16.0. The highest BCUT2D eigenvalue weighted by atomic mass is 16.8. The standard InChI is InChI=1S/C93H172N2O21/c1-4-6-8-10-12-14-16-18-20-22-24-26-28-29-30-31-32-33-34-35-36-37-38-39-40-41-42-43-45-47-49-51-53-55-57-59-61-63-65-67-80(103)95-74(75(100)66-64-62-60-58-56-54-52-50-48-46-44-27-25-23-21-19-17-15-13-11-9-7-5-2)72-111-90-85(107)84(106)87(79(71-98)113-90)114-91-86(108)89(83(105)78(70-97)112-91)116-93(92(109)110)68-76(101)81(94-73(3)99)88(115-93)82(104)77(102)69-96/h32-33,35-36,64,66,74-79,81-91,96-98,100-102,104-108H,4-31,34,37-63,65,67-72H2,1-3H3,(H,94,99)(H,95,103)(H,109,110)/b33-32-,36-35-,66-64+. The van der Waals surface area contributed by atoms with E-state index >= 15 is 0 Å². The van der Waals surface area contributed by atoms with E-state index in [1.54, 1.807) is 6.08 Å². The zero-order valence-corrected chi connectivity index (χ0v) is 72.9.